The van der Waals surface area contributed by atoms with Crippen LogP contribution in [0.4, 0.5) is 17.1 Å². The predicted octanol–water partition coefficient (Wildman–Crippen LogP) is 33.0. The molecule has 0 unspecified atom stereocenters. The van der Waals surface area contributed by atoms with E-state index in [1.807, 2.05) is 0 Å². The van der Waals surface area contributed by atoms with Crippen molar-refractivity contribution < 1.29 is 85.6 Å². The Balaban J connectivity index is 1.18. The van der Waals surface area contributed by atoms with E-state index in [1.54, 1.807) is 109 Å². The number of benzene rings is 6. The Labute approximate surface area is 847 Å². The first-order valence-corrected chi connectivity index (χ1v) is 55.4. The Morgan fingerprint density at radius 1 is 0.206 bits per heavy atom. The molecule has 0 radical (unpaired) electrons. The number of unbranched alkanes of at least 4 members (excludes halogenated alkanes) is 45. The summed E-state index contributed by atoms with van der Waals surface area (Å²) in [6, 6.07) is 29.5. The van der Waals surface area contributed by atoms with Gasteiger partial charge in [0.25, 0.3) is 0 Å². The third-order valence-corrected chi connectivity index (χ3v) is 25.3. The first-order valence-electron chi connectivity index (χ1n) is 55.4. The topological polar surface area (TPSA) is 249 Å². The molecule has 0 aromatic heterocycles. The van der Waals surface area contributed by atoms with Crippen LogP contribution in [0.1, 0.15) is 440 Å². The van der Waals surface area contributed by atoms with Crippen LogP contribution in [-0.2, 0) is 14.4 Å². The quantitative estimate of drug-likeness (QED) is 0.0106. The Hall–Kier alpha value is -10.4. The molecule has 1 aliphatic rings. The number of ether oxygens (including phenoxy) is 12. The predicted molar refractivity (Wildman–Crippen MR) is 574 cm³/mol. The van der Waals surface area contributed by atoms with Crippen LogP contribution in [0.25, 0.3) is 0 Å². The van der Waals surface area contributed by atoms with Gasteiger partial charge in [0.2, 0.25) is 34.6 Å². The number of anilines is 3. The van der Waals surface area contributed by atoms with E-state index in [4.69, 9.17) is 56.8 Å². The van der Waals surface area contributed by atoms with Gasteiger partial charge < -0.3 is 72.8 Å². The molecule has 0 saturated heterocycles. The van der Waals surface area contributed by atoms with Crippen molar-refractivity contribution in [1.82, 2.24) is 0 Å². The summed E-state index contributed by atoms with van der Waals surface area (Å²) >= 11 is 0. The average molecular weight is 1950 g/mol. The van der Waals surface area contributed by atoms with Gasteiger partial charge >= 0.3 is 17.9 Å². The van der Waals surface area contributed by atoms with Gasteiger partial charge in [-0.1, -0.05) is 351 Å². The van der Waals surface area contributed by atoms with Gasteiger partial charge in [-0.3, -0.25) is 14.4 Å². The van der Waals surface area contributed by atoms with Gasteiger partial charge in [-0.25, -0.2) is 14.4 Å². The minimum Gasteiger partial charge on any atom is -0.490 e. The molecule has 6 aromatic carbocycles. The summed E-state index contributed by atoms with van der Waals surface area (Å²) in [5, 5.41) is 9.29. The van der Waals surface area contributed by atoms with Crippen molar-refractivity contribution in [2.75, 3.05) is 75.4 Å². The maximum atomic E-state index is 14.9. The number of carbonyl (C=O) groups excluding carboxylic acids is 6. The molecule has 1 fully saturated rings. The molecule has 0 amide bonds. The second-order valence-corrected chi connectivity index (χ2v) is 37.8. The number of rotatable bonds is 84. The van der Waals surface area contributed by atoms with Crippen LogP contribution in [0.2, 0.25) is 0 Å². The average Bonchev–Trinajstić information content (AvgIpc) is 0.776. The molecule has 0 atom stereocenters. The number of carbonyl (C=O) groups is 6. The molecule has 0 aliphatic heterocycles. The van der Waals surface area contributed by atoms with Crippen molar-refractivity contribution in [3.63, 3.8) is 0 Å². The van der Waals surface area contributed by atoms with Crippen molar-refractivity contribution in [2.24, 2.45) is 0 Å². The van der Waals surface area contributed by atoms with Gasteiger partial charge in [0.15, 0.2) is 34.5 Å². The molecule has 0 spiro atoms. The summed E-state index contributed by atoms with van der Waals surface area (Å²) in [6.07, 6.45) is 62.4. The highest BCUT2D eigenvalue weighted by Crippen LogP contribution is 2.44. The van der Waals surface area contributed by atoms with E-state index < -0.39 is 35.3 Å². The number of Topliss-reactive ketones (excluding diaryl/α,β-unsaturated/α-hetero) is 3. The lowest BCUT2D eigenvalue weighted by Gasteiger charge is -2.19. The fourth-order valence-electron chi connectivity index (χ4n) is 16.7. The summed E-state index contributed by atoms with van der Waals surface area (Å²) < 4.78 is 77.0. The van der Waals surface area contributed by atoms with Crippen LogP contribution in [0.15, 0.2) is 145 Å². The summed E-state index contributed by atoms with van der Waals surface area (Å²) in [6.45, 7) is 23.9. The van der Waals surface area contributed by atoms with E-state index in [2.05, 4.69) is 78.3 Å². The lowest BCUT2D eigenvalue weighted by Crippen LogP contribution is -2.33. The fourth-order valence-corrected chi connectivity index (χ4v) is 16.7. The van der Waals surface area contributed by atoms with Crippen LogP contribution in [0.5, 0.6) is 69.0 Å². The summed E-state index contributed by atoms with van der Waals surface area (Å²) in [7, 11) is 0. The number of hydrogen-bond donors (Lipinski definition) is 3. The first-order chi connectivity index (χ1) is 69.2. The zero-order chi connectivity index (χ0) is 101. The van der Waals surface area contributed by atoms with Gasteiger partial charge in [-0.05, 0) is 167 Å². The number of nitrogens with one attached hydrogen (secondary N) is 3. The van der Waals surface area contributed by atoms with Crippen LogP contribution < -0.4 is 72.8 Å². The van der Waals surface area contributed by atoms with Crippen molar-refractivity contribution in [3.05, 3.63) is 161 Å². The molecule has 141 heavy (non-hydrogen) atoms. The third-order valence-electron chi connectivity index (χ3n) is 25.3. The Morgan fingerprint density at radius 2 is 0.355 bits per heavy atom. The second-order valence-electron chi connectivity index (χ2n) is 37.8. The highest BCUT2D eigenvalue weighted by Gasteiger charge is 2.39. The van der Waals surface area contributed by atoms with Crippen LogP contribution in [0.3, 0.4) is 0 Å². The smallest absolute Gasteiger partial charge is 0.343 e. The summed E-state index contributed by atoms with van der Waals surface area (Å²) in [5.41, 5.74) is 0.798. The molecule has 21 nitrogen and oxygen atoms in total. The molecule has 21 heteroatoms. The number of allylic oxidation sites excluding steroid dienone is 3. The molecule has 7 rings (SSSR count). The number of ketones is 3. The normalized spacial score (nSPS) is 11.9. The van der Waals surface area contributed by atoms with Crippen LogP contribution >= 0.6 is 0 Å². The molecule has 6 aromatic rings. The maximum absolute atomic E-state index is 14.9. The van der Waals surface area contributed by atoms with Crippen molar-refractivity contribution >= 4 is 52.3 Å². The van der Waals surface area contributed by atoms with Crippen molar-refractivity contribution in [1.29, 1.82) is 0 Å². The van der Waals surface area contributed by atoms with E-state index in [0.717, 1.165) is 212 Å². The molecule has 1 aliphatic carbocycles. The minimum absolute atomic E-state index is 0.210. The van der Waals surface area contributed by atoms with E-state index >= 15 is 0 Å². The van der Waals surface area contributed by atoms with Crippen LogP contribution in [-0.4, -0.2) is 94.7 Å². The van der Waals surface area contributed by atoms with E-state index in [0.29, 0.717) is 128 Å². The SMILES string of the molecule is CCCCCCCCOc1cc(C(=O)Oc2ccc(NC=C3C(=O)C(=CNc4ccc(OC(=O)c5cc(OCCCCCCCC)c(OCCCCCCCC)c(OCCCCCCCC)c5)cc4)C(=O)C(=CNc4ccc(OC(=O)c5cc(OCCCCCCCC)c(OCCCCCCCC)c(OCCCCCCCC)c5)cc4)C3=O)cc2)cc(OCCCCCCCC)c1OCCCCCCCC. The van der Waals surface area contributed by atoms with E-state index in [1.165, 1.54) is 153 Å². The van der Waals surface area contributed by atoms with E-state index in [-0.39, 0.29) is 50.7 Å². The van der Waals surface area contributed by atoms with E-state index in [9.17, 15) is 28.8 Å². The fraction of sp³-hybridized carbons (Fsp3) is 0.600. The number of hydrogen-bond acceptors (Lipinski definition) is 21. The number of esters is 3. The third kappa shape index (κ3) is 47.1. The maximum Gasteiger partial charge on any atom is 0.343 e. The summed E-state index contributed by atoms with van der Waals surface area (Å²) in [5.74, 6) is 0.0746. The first kappa shape index (κ1) is 118. The van der Waals surface area contributed by atoms with Crippen molar-refractivity contribution in [2.45, 2.75) is 409 Å². The zero-order valence-corrected chi connectivity index (χ0v) is 88.0. The standard InChI is InChI=1S/C120H177N3O18/c1-10-19-28-37-46-55-76-130-106-85-94(86-107(131-77-56-47-38-29-20-11-2)115(106)136-82-61-52-43-34-25-16-7)118(127)139-100-70-64-97(65-71-100)121-91-103-112(124)104(92-122-98-66-72-101(73-67-98)140-119(128)95-87-108(132-78-57-48-39-30-21-12-3)116(137-83-62-53-44-35-26-17-8)109(88-95)133-79-58-49-40-31-22-13-4)114(126)105(113(103)125)93-123-99-68-74-102(75-69-99)141-120(129)96-89-110(134-80-59-50-41-32-23-14-5)117(138-84-63-54-45-36-27-18-9)111(90-96)135-81-60-51-42-33-24-15-6/h64-75,85-93,121-123H,10-63,76-84H2,1-9H3. The molecular formula is C120H177N3O18. The monoisotopic (exact) mass is 1950 g/mol. The molecule has 780 valence electrons. The largest absolute Gasteiger partial charge is 0.490 e. The zero-order valence-electron chi connectivity index (χ0n) is 88.0. The van der Waals surface area contributed by atoms with Crippen LogP contribution in [0, 0.1) is 0 Å². The van der Waals surface area contributed by atoms with Gasteiger partial charge in [-0.15, -0.1) is 0 Å². The molecular weight excluding hydrogens is 1770 g/mol. The van der Waals surface area contributed by atoms with Gasteiger partial charge in [0.1, 0.15) is 17.2 Å². The lowest BCUT2D eigenvalue weighted by atomic mass is 9.84. The summed E-state index contributed by atoms with van der Waals surface area (Å²) in [4.78, 5) is 88.1. The Bertz CT molecular complexity index is 3980. The minimum atomic E-state index is -0.873. The lowest BCUT2D eigenvalue weighted by molar-refractivity contribution is -0.124. The Kier molecular flexibility index (Phi) is 62.1. The second kappa shape index (κ2) is 74.5. The Morgan fingerprint density at radius 3 is 0.518 bits per heavy atom. The highest BCUT2D eigenvalue weighted by atomic mass is 16.6. The van der Waals surface area contributed by atoms with Gasteiger partial charge in [0.05, 0.1) is 92.9 Å². The molecule has 0 bridgehead atoms. The van der Waals surface area contributed by atoms with Crippen molar-refractivity contribution in [3.8, 4) is 69.0 Å². The molecule has 1 saturated carbocycles. The van der Waals surface area contributed by atoms with Gasteiger partial charge in [-0.2, -0.15) is 0 Å². The van der Waals surface area contributed by atoms with Gasteiger partial charge in [0, 0.05) is 35.7 Å². The molecule has 3 N–H and O–H groups in total. The molecule has 0 heterocycles. The highest BCUT2D eigenvalue weighted by molar-refractivity contribution is 6.52.